The van der Waals surface area contributed by atoms with Crippen molar-refractivity contribution < 1.29 is 9.59 Å². The fraction of sp³-hybridized carbons (Fsp3) is 0.381. The lowest BCUT2D eigenvalue weighted by Crippen LogP contribution is -2.69. The Balaban J connectivity index is 1.32. The third kappa shape index (κ3) is 4.36. The van der Waals surface area contributed by atoms with Crippen molar-refractivity contribution in [1.29, 1.82) is 0 Å². The van der Waals surface area contributed by atoms with Crippen LogP contribution in [0.1, 0.15) is 11.3 Å². The van der Waals surface area contributed by atoms with E-state index in [4.69, 9.17) is 0 Å². The monoisotopic (exact) mass is 396 g/mol. The Kier molecular flexibility index (Phi) is 5.92. The van der Waals surface area contributed by atoms with Crippen molar-refractivity contribution in [3.05, 3.63) is 66.0 Å². The average molecular weight is 397 g/mol. The van der Waals surface area contributed by atoms with Crippen LogP contribution in [0, 0.1) is 0 Å². The van der Waals surface area contributed by atoms with Crippen molar-refractivity contribution in [3.8, 4) is 0 Å². The van der Waals surface area contributed by atoms with Crippen LogP contribution in [-0.2, 0) is 21.9 Å². The fourth-order valence-electron chi connectivity index (χ4n) is 3.70. The molecule has 3 heterocycles. The number of hydrogen-bond acceptors (Lipinski definition) is 5. The number of amides is 2. The SMILES string of the molecule is O=C1N[C@@H](CSCc2ccccc2)C(=O)N2CCN(Cc3ccccn3)C[C@H]12. The normalized spacial score (nSPS) is 22.6. The van der Waals surface area contributed by atoms with Crippen LogP contribution in [0.25, 0.3) is 0 Å². The summed E-state index contributed by atoms with van der Waals surface area (Å²) in [7, 11) is 0. The number of carbonyl (C=O) groups excluding carboxylic acids is 2. The van der Waals surface area contributed by atoms with Crippen LogP contribution in [0.3, 0.4) is 0 Å². The smallest absolute Gasteiger partial charge is 0.246 e. The van der Waals surface area contributed by atoms with Crippen molar-refractivity contribution in [3.63, 3.8) is 0 Å². The molecule has 146 valence electrons. The first-order valence-corrected chi connectivity index (χ1v) is 10.7. The van der Waals surface area contributed by atoms with Crippen LogP contribution in [0.2, 0.25) is 0 Å². The maximum Gasteiger partial charge on any atom is 0.246 e. The predicted molar refractivity (Wildman–Crippen MR) is 110 cm³/mol. The molecule has 0 unspecified atom stereocenters. The van der Waals surface area contributed by atoms with Gasteiger partial charge in [-0.15, -0.1) is 0 Å². The number of nitrogens with one attached hydrogen (secondary N) is 1. The molecule has 0 saturated carbocycles. The summed E-state index contributed by atoms with van der Waals surface area (Å²) >= 11 is 1.68. The third-order valence-corrected chi connectivity index (χ3v) is 6.28. The van der Waals surface area contributed by atoms with Crippen molar-refractivity contribution in [2.75, 3.05) is 25.4 Å². The number of pyridine rings is 1. The number of piperazine rings is 2. The number of thioether (sulfide) groups is 1. The number of benzene rings is 1. The van der Waals surface area contributed by atoms with Gasteiger partial charge in [-0.3, -0.25) is 19.5 Å². The van der Waals surface area contributed by atoms with Gasteiger partial charge in [-0.1, -0.05) is 36.4 Å². The Morgan fingerprint density at radius 1 is 1.07 bits per heavy atom. The van der Waals surface area contributed by atoms with E-state index in [1.165, 1.54) is 5.56 Å². The molecule has 2 fully saturated rings. The highest BCUT2D eigenvalue weighted by Gasteiger charge is 2.43. The lowest BCUT2D eigenvalue weighted by molar-refractivity contribution is -0.152. The first-order valence-electron chi connectivity index (χ1n) is 9.55. The van der Waals surface area contributed by atoms with Gasteiger partial charge in [-0.05, 0) is 17.7 Å². The van der Waals surface area contributed by atoms with Crippen molar-refractivity contribution in [2.45, 2.75) is 24.4 Å². The van der Waals surface area contributed by atoms with E-state index >= 15 is 0 Å². The van der Waals surface area contributed by atoms with Crippen LogP contribution < -0.4 is 5.32 Å². The molecular weight excluding hydrogens is 372 g/mol. The van der Waals surface area contributed by atoms with Gasteiger partial charge in [0.2, 0.25) is 11.8 Å². The number of aromatic nitrogens is 1. The summed E-state index contributed by atoms with van der Waals surface area (Å²) < 4.78 is 0. The lowest BCUT2D eigenvalue weighted by atomic mass is 10.0. The van der Waals surface area contributed by atoms with Crippen LogP contribution in [0.15, 0.2) is 54.7 Å². The molecule has 1 aromatic carbocycles. The molecule has 2 aromatic rings. The first kappa shape index (κ1) is 19.0. The van der Waals surface area contributed by atoms with E-state index in [9.17, 15) is 9.59 Å². The fourth-order valence-corrected chi connectivity index (χ4v) is 4.71. The van der Waals surface area contributed by atoms with Crippen LogP contribution in [-0.4, -0.2) is 64.1 Å². The Morgan fingerprint density at radius 2 is 1.89 bits per heavy atom. The van der Waals surface area contributed by atoms with Crippen LogP contribution in [0.4, 0.5) is 0 Å². The number of carbonyl (C=O) groups is 2. The van der Waals surface area contributed by atoms with Gasteiger partial charge in [0.1, 0.15) is 12.1 Å². The maximum absolute atomic E-state index is 12.9. The Labute approximate surface area is 169 Å². The summed E-state index contributed by atoms with van der Waals surface area (Å²) in [6, 6.07) is 15.2. The number of hydrogen-bond donors (Lipinski definition) is 1. The van der Waals surface area contributed by atoms with Gasteiger partial charge in [-0.25, -0.2) is 0 Å². The standard InChI is InChI=1S/C21H24N4O2S/c26-20-19-13-24(12-17-8-4-5-9-22-17)10-11-25(19)21(27)18(23-20)15-28-14-16-6-2-1-3-7-16/h1-9,18-19H,10-15H2,(H,23,26)/t18-,19+/m0/s1. The first-order chi connectivity index (χ1) is 13.7. The van der Waals surface area contributed by atoms with E-state index in [1.807, 2.05) is 36.4 Å². The summed E-state index contributed by atoms with van der Waals surface area (Å²) in [6.07, 6.45) is 1.78. The minimum absolute atomic E-state index is 0.0441. The van der Waals surface area contributed by atoms with Gasteiger partial charge in [0, 0.05) is 43.9 Å². The number of rotatable bonds is 6. The summed E-state index contributed by atoms with van der Waals surface area (Å²) in [5.74, 6) is 1.43. The quantitative estimate of drug-likeness (QED) is 0.802. The van der Waals surface area contributed by atoms with E-state index in [0.29, 0.717) is 25.4 Å². The van der Waals surface area contributed by atoms with E-state index in [-0.39, 0.29) is 11.8 Å². The molecule has 2 saturated heterocycles. The zero-order chi connectivity index (χ0) is 19.3. The molecule has 7 heteroatoms. The minimum atomic E-state index is -0.431. The van der Waals surface area contributed by atoms with Gasteiger partial charge in [0.05, 0.1) is 5.69 Å². The summed E-state index contributed by atoms with van der Waals surface area (Å²) in [4.78, 5) is 33.9. The van der Waals surface area contributed by atoms with Crippen molar-refractivity contribution >= 4 is 23.6 Å². The molecule has 1 N–H and O–H groups in total. The van der Waals surface area contributed by atoms with Crippen LogP contribution >= 0.6 is 11.8 Å². The molecule has 0 radical (unpaired) electrons. The van der Waals surface area contributed by atoms with E-state index < -0.39 is 12.1 Å². The third-order valence-electron chi connectivity index (χ3n) is 5.17. The zero-order valence-corrected chi connectivity index (χ0v) is 16.5. The van der Waals surface area contributed by atoms with Gasteiger partial charge >= 0.3 is 0 Å². The van der Waals surface area contributed by atoms with Crippen molar-refractivity contribution in [2.24, 2.45) is 0 Å². The van der Waals surface area contributed by atoms with Crippen LogP contribution in [0.5, 0.6) is 0 Å². The van der Waals surface area contributed by atoms with Gasteiger partial charge in [0.15, 0.2) is 0 Å². The Hall–Kier alpha value is -2.38. The topological polar surface area (TPSA) is 65.5 Å². The summed E-state index contributed by atoms with van der Waals surface area (Å²) in [5.41, 5.74) is 2.21. The molecule has 2 aliphatic rings. The number of nitrogens with zero attached hydrogens (tertiary/aromatic N) is 3. The highest BCUT2D eigenvalue weighted by Crippen LogP contribution is 2.21. The number of fused-ring (bicyclic) bond motifs is 1. The molecular formula is C21H24N4O2S. The second-order valence-electron chi connectivity index (χ2n) is 7.17. The Morgan fingerprint density at radius 3 is 2.68 bits per heavy atom. The second-order valence-corrected chi connectivity index (χ2v) is 8.20. The molecule has 1 aromatic heterocycles. The van der Waals surface area contributed by atoms with E-state index in [0.717, 1.165) is 18.0 Å². The largest absolute Gasteiger partial charge is 0.342 e. The lowest BCUT2D eigenvalue weighted by Gasteiger charge is -2.45. The van der Waals surface area contributed by atoms with Gasteiger partial charge < -0.3 is 10.2 Å². The molecule has 0 spiro atoms. The van der Waals surface area contributed by atoms with Crippen molar-refractivity contribution in [1.82, 2.24) is 20.1 Å². The second kappa shape index (κ2) is 8.75. The molecule has 2 aliphatic heterocycles. The summed E-state index contributed by atoms with van der Waals surface area (Å²) in [6.45, 7) is 2.60. The molecule has 2 amide bonds. The predicted octanol–water partition coefficient (Wildman–Crippen LogP) is 1.53. The molecule has 2 atom stereocenters. The molecule has 0 aliphatic carbocycles. The summed E-state index contributed by atoms with van der Waals surface area (Å²) in [5, 5.41) is 2.94. The maximum atomic E-state index is 12.9. The van der Waals surface area contributed by atoms with Gasteiger partial charge in [-0.2, -0.15) is 11.8 Å². The Bertz CT molecular complexity index is 818. The van der Waals surface area contributed by atoms with E-state index in [2.05, 4.69) is 27.3 Å². The molecule has 4 rings (SSSR count). The van der Waals surface area contributed by atoms with E-state index in [1.54, 1.807) is 22.9 Å². The highest BCUT2D eigenvalue weighted by atomic mass is 32.2. The zero-order valence-electron chi connectivity index (χ0n) is 15.7. The molecule has 0 bridgehead atoms. The minimum Gasteiger partial charge on any atom is -0.342 e. The molecule has 6 nitrogen and oxygen atoms in total. The van der Waals surface area contributed by atoms with Gasteiger partial charge in [0.25, 0.3) is 0 Å². The highest BCUT2D eigenvalue weighted by molar-refractivity contribution is 7.98. The average Bonchev–Trinajstić information content (AvgIpc) is 2.73. The molecule has 28 heavy (non-hydrogen) atoms.